The summed E-state index contributed by atoms with van der Waals surface area (Å²) >= 11 is 0. The molecule has 1 aliphatic rings. The molecule has 0 unspecified atom stereocenters. The van der Waals surface area contributed by atoms with Gasteiger partial charge in [-0.1, -0.05) is 48.5 Å². The molecule has 4 aromatic carbocycles. The van der Waals surface area contributed by atoms with Crippen LogP contribution in [0.5, 0.6) is 0 Å². The zero-order chi connectivity index (χ0) is 14.0. The number of rotatable bonds is 0. The summed E-state index contributed by atoms with van der Waals surface area (Å²) in [5.41, 5.74) is 2.10. The molecule has 0 saturated heterocycles. The predicted molar refractivity (Wildman–Crippen MR) is 87.0 cm³/mol. The van der Waals surface area contributed by atoms with Crippen LogP contribution in [0.4, 0.5) is 0 Å². The zero-order valence-electron chi connectivity index (χ0n) is 11.4. The minimum Gasteiger partial charge on any atom is -0.294 e. The van der Waals surface area contributed by atoms with Crippen molar-refractivity contribution in [3.8, 4) is 0 Å². The number of carbonyl (C=O) groups is 1. The van der Waals surface area contributed by atoms with Crippen molar-refractivity contribution in [3.05, 3.63) is 71.8 Å². The van der Waals surface area contributed by atoms with Gasteiger partial charge in [-0.05, 0) is 50.0 Å². The van der Waals surface area contributed by atoms with Crippen molar-refractivity contribution in [1.82, 2.24) is 0 Å². The highest BCUT2D eigenvalue weighted by molar-refractivity contribution is 6.26. The van der Waals surface area contributed by atoms with Gasteiger partial charge in [0.05, 0.1) is 0 Å². The van der Waals surface area contributed by atoms with Gasteiger partial charge < -0.3 is 0 Å². The maximum atomic E-state index is 12.4. The molecule has 1 heteroatoms. The van der Waals surface area contributed by atoms with Gasteiger partial charge in [0.25, 0.3) is 0 Å². The minimum absolute atomic E-state index is 0.247. The van der Waals surface area contributed by atoms with E-state index in [2.05, 4.69) is 48.5 Å². The lowest BCUT2D eigenvalue weighted by atomic mass is 9.95. The van der Waals surface area contributed by atoms with Crippen molar-refractivity contribution in [2.45, 2.75) is 6.42 Å². The number of ketones is 1. The van der Waals surface area contributed by atoms with Crippen LogP contribution in [0.25, 0.3) is 32.3 Å². The van der Waals surface area contributed by atoms with Gasteiger partial charge in [-0.15, -0.1) is 0 Å². The van der Waals surface area contributed by atoms with Crippen LogP contribution in [-0.4, -0.2) is 5.78 Å². The highest BCUT2D eigenvalue weighted by atomic mass is 16.2. The third kappa shape index (κ3) is 1.33. The molecule has 1 nitrogen and oxygen atoms in total. The lowest BCUT2D eigenvalue weighted by Gasteiger charge is -2.09. The first-order chi connectivity index (χ1) is 10.3. The lowest BCUT2D eigenvalue weighted by molar-refractivity contribution is 0.1000. The van der Waals surface area contributed by atoms with Gasteiger partial charge in [0.2, 0.25) is 0 Å². The summed E-state index contributed by atoms with van der Waals surface area (Å²) in [7, 11) is 0. The largest absolute Gasteiger partial charge is 0.294 e. The monoisotopic (exact) mass is 270 g/mol. The second-order valence-corrected chi connectivity index (χ2v) is 5.74. The van der Waals surface area contributed by atoms with Crippen LogP contribution in [0.3, 0.4) is 0 Å². The first-order valence-corrected chi connectivity index (χ1v) is 7.22. The molecule has 0 saturated carbocycles. The highest BCUT2D eigenvalue weighted by Crippen LogP contribution is 2.40. The molecule has 21 heavy (non-hydrogen) atoms. The van der Waals surface area contributed by atoms with Crippen molar-refractivity contribution in [3.63, 3.8) is 0 Å². The second kappa shape index (κ2) is 3.70. The Morgan fingerprint density at radius 3 is 2.19 bits per heavy atom. The van der Waals surface area contributed by atoms with E-state index in [1.807, 2.05) is 12.1 Å². The number of benzene rings is 4. The predicted octanol–water partition coefficient (Wildman–Crippen LogP) is 4.89. The lowest BCUT2D eigenvalue weighted by Crippen LogP contribution is -1.93. The van der Waals surface area contributed by atoms with Crippen LogP contribution < -0.4 is 0 Å². The SMILES string of the molecule is O=[13C]1[13CH2]c2c3ccccc3cc3c2c1cc1ccccc13. The molecule has 0 aliphatic heterocycles. The summed E-state index contributed by atoms with van der Waals surface area (Å²) in [5.74, 6) is 0.247. The normalized spacial score (nSPS) is 13.6. The molecule has 0 N–H and O–H groups in total. The summed E-state index contributed by atoms with van der Waals surface area (Å²) in [4.78, 5) is 12.4. The Balaban J connectivity index is 2.16. The summed E-state index contributed by atoms with van der Waals surface area (Å²) < 4.78 is 0. The molecule has 0 amide bonds. The van der Waals surface area contributed by atoms with E-state index in [0.29, 0.717) is 6.42 Å². The minimum atomic E-state index is 0.247. The average molecular weight is 270 g/mol. The maximum absolute atomic E-state index is 12.4. The number of hydrogen-bond acceptors (Lipinski definition) is 1. The summed E-state index contributed by atoms with van der Waals surface area (Å²) in [6, 6.07) is 21.0. The van der Waals surface area contributed by atoms with Crippen molar-refractivity contribution < 1.29 is 4.79 Å². The van der Waals surface area contributed by atoms with Gasteiger partial charge in [0.1, 0.15) is 0 Å². The molecular formula is C20H12O. The molecule has 98 valence electrons. The summed E-state index contributed by atoms with van der Waals surface area (Å²) in [6.45, 7) is 0. The Morgan fingerprint density at radius 2 is 1.38 bits per heavy atom. The van der Waals surface area contributed by atoms with Crippen molar-refractivity contribution in [2.75, 3.05) is 0 Å². The highest BCUT2D eigenvalue weighted by Gasteiger charge is 2.25. The molecule has 0 bridgehead atoms. The Kier molecular flexibility index (Phi) is 1.95. The van der Waals surface area contributed by atoms with E-state index >= 15 is 0 Å². The summed E-state index contributed by atoms with van der Waals surface area (Å²) in [6.07, 6.45) is 0.531. The second-order valence-electron chi connectivity index (χ2n) is 5.74. The zero-order valence-corrected chi connectivity index (χ0v) is 11.4. The fourth-order valence-corrected chi connectivity index (χ4v) is 3.70. The van der Waals surface area contributed by atoms with E-state index in [9.17, 15) is 4.79 Å². The van der Waals surface area contributed by atoms with Crippen LogP contribution in [-0.2, 0) is 6.42 Å². The van der Waals surface area contributed by atoms with Crippen LogP contribution in [0.15, 0.2) is 60.7 Å². The first-order valence-electron chi connectivity index (χ1n) is 7.22. The Morgan fingerprint density at radius 1 is 0.714 bits per heavy atom. The van der Waals surface area contributed by atoms with E-state index in [-0.39, 0.29) is 5.78 Å². The number of hydrogen-bond donors (Lipinski definition) is 0. The third-order valence-corrected chi connectivity index (χ3v) is 4.61. The van der Waals surface area contributed by atoms with E-state index in [4.69, 9.17) is 0 Å². The first kappa shape index (κ1) is 11.0. The molecule has 0 atom stereocenters. The number of carbonyl (C=O) groups excluding carboxylic acids is 1. The van der Waals surface area contributed by atoms with Gasteiger partial charge >= 0.3 is 0 Å². The molecule has 4 aromatic rings. The van der Waals surface area contributed by atoms with E-state index < -0.39 is 0 Å². The number of Topliss-reactive ketones (excluding diaryl/α,β-unsaturated/α-hetero) is 1. The average Bonchev–Trinajstić information content (AvgIpc) is 2.86. The maximum Gasteiger partial charge on any atom is 0.167 e. The Hall–Kier alpha value is -2.67. The molecule has 1 aliphatic carbocycles. The smallest absolute Gasteiger partial charge is 0.167 e. The number of fused-ring (bicyclic) bond motifs is 4. The van der Waals surface area contributed by atoms with Gasteiger partial charge in [-0.3, -0.25) is 4.79 Å². The fraction of sp³-hybridized carbons (Fsp3) is 0.0500. The van der Waals surface area contributed by atoms with Crippen LogP contribution in [0.1, 0.15) is 15.9 Å². The van der Waals surface area contributed by atoms with Gasteiger partial charge in [0, 0.05) is 12.0 Å². The van der Waals surface area contributed by atoms with Gasteiger partial charge in [-0.2, -0.15) is 0 Å². The van der Waals surface area contributed by atoms with Crippen molar-refractivity contribution in [1.29, 1.82) is 0 Å². The Labute approximate surface area is 121 Å². The quantitative estimate of drug-likeness (QED) is 0.253. The van der Waals surface area contributed by atoms with Crippen molar-refractivity contribution in [2.24, 2.45) is 0 Å². The third-order valence-electron chi connectivity index (χ3n) is 4.61. The molecule has 0 aromatic heterocycles. The molecule has 0 spiro atoms. The van der Waals surface area contributed by atoms with E-state index in [0.717, 1.165) is 16.3 Å². The van der Waals surface area contributed by atoms with Gasteiger partial charge in [0.15, 0.2) is 5.78 Å². The molecule has 0 radical (unpaired) electrons. The summed E-state index contributed by atoms with van der Waals surface area (Å²) in [5, 5.41) is 7.19. The molecule has 0 fully saturated rings. The topological polar surface area (TPSA) is 17.1 Å². The van der Waals surface area contributed by atoms with E-state index in [1.54, 1.807) is 0 Å². The Bertz CT molecular complexity index is 1070. The molecule has 0 heterocycles. The molecule has 5 rings (SSSR count). The van der Waals surface area contributed by atoms with Crippen LogP contribution in [0, 0.1) is 0 Å². The van der Waals surface area contributed by atoms with Crippen LogP contribution >= 0.6 is 0 Å². The van der Waals surface area contributed by atoms with Crippen molar-refractivity contribution >= 4 is 38.1 Å². The fourth-order valence-electron chi connectivity index (χ4n) is 3.70. The van der Waals surface area contributed by atoms with E-state index in [1.165, 1.54) is 27.1 Å². The van der Waals surface area contributed by atoms with Gasteiger partial charge in [-0.25, -0.2) is 0 Å². The van der Waals surface area contributed by atoms with Crippen LogP contribution in [0.2, 0.25) is 0 Å². The molecular weight excluding hydrogens is 258 g/mol. The standard InChI is InChI=1S/C20H12O/c21-19-11-17-15-8-4-1-5-12(15)9-16-14-7-3-2-6-13(14)10-18(19)20(16)17/h1-10H,11H2/i11+1,19+1.